The van der Waals surface area contributed by atoms with E-state index in [2.05, 4.69) is 0 Å². The second kappa shape index (κ2) is 4.65. The molecule has 0 saturated heterocycles. The molecule has 0 fully saturated rings. The maximum atomic E-state index is 13.2. The van der Waals surface area contributed by atoms with Crippen molar-refractivity contribution in [2.24, 2.45) is 0 Å². The first kappa shape index (κ1) is 10.6. The molecule has 0 radical (unpaired) electrons. The van der Waals surface area contributed by atoms with Crippen LogP contribution in [0.1, 0.15) is 5.56 Å². The Kier molecular flexibility index (Phi) is 3.78. The molecule has 2 nitrogen and oxygen atoms in total. The quantitative estimate of drug-likeness (QED) is 0.692. The number of benzene rings is 1. The van der Waals surface area contributed by atoms with Gasteiger partial charge in [-0.1, -0.05) is 12.1 Å². The van der Waals surface area contributed by atoms with E-state index in [1.165, 1.54) is 17.8 Å². The van der Waals surface area contributed by atoms with E-state index in [4.69, 9.17) is 10.0 Å². The highest BCUT2D eigenvalue weighted by Gasteiger charge is 2.12. The van der Waals surface area contributed by atoms with Gasteiger partial charge in [0.15, 0.2) is 0 Å². The normalized spacial score (nSPS) is 10.2. The van der Waals surface area contributed by atoms with Crippen LogP contribution in [-0.2, 0) is 5.75 Å². The van der Waals surface area contributed by atoms with Crippen molar-refractivity contribution in [3.8, 4) is 0 Å². The van der Waals surface area contributed by atoms with Gasteiger partial charge in [0, 0.05) is 5.75 Å². The van der Waals surface area contributed by atoms with Crippen molar-refractivity contribution in [3.05, 3.63) is 29.6 Å². The summed E-state index contributed by atoms with van der Waals surface area (Å²) in [6.45, 7) is 0. The summed E-state index contributed by atoms with van der Waals surface area (Å²) in [7, 11) is -1.60. The highest BCUT2D eigenvalue weighted by molar-refractivity contribution is 7.97. The van der Waals surface area contributed by atoms with Crippen molar-refractivity contribution in [2.75, 3.05) is 6.26 Å². The van der Waals surface area contributed by atoms with Gasteiger partial charge < -0.3 is 10.0 Å². The first-order valence-corrected chi connectivity index (χ1v) is 5.18. The molecular formula is C8H10BFO2S. The largest absolute Gasteiger partial charge is 0.488 e. The van der Waals surface area contributed by atoms with E-state index >= 15 is 0 Å². The molecule has 0 atom stereocenters. The Morgan fingerprint density at radius 1 is 1.46 bits per heavy atom. The van der Waals surface area contributed by atoms with Crippen LogP contribution in [0.3, 0.4) is 0 Å². The lowest BCUT2D eigenvalue weighted by Crippen LogP contribution is -2.30. The molecule has 0 spiro atoms. The summed E-state index contributed by atoms with van der Waals surface area (Å²) in [5.41, 5.74) is 0.763. The van der Waals surface area contributed by atoms with Crippen LogP contribution in [-0.4, -0.2) is 23.4 Å². The summed E-state index contributed by atoms with van der Waals surface area (Å²) >= 11 is 1.52. The Bertz CT molecular complexity index is 293. The lowest BCUT2D eigenvalue weighted by atomic mass is 9.80. The SMILES string of the molecule is CSCc1ccc(B(O)O)cc1F. The topological polar surface area (TPSA) is 40.5 Å². The second-order valence-corrected chi connectivity index (χ2v) is 3.52. The van der Waals surface area contributed by atoms with E-state index in [0.717, 1.165) is 6.07 Å². The molecule has 0 aliphatic heterocycles. The summed E-state index contributed by atoms with van der Waals surface area (Å²) in [5.74, 6) is 0.202. The molecule has 1 aromatic carbocycles. The predicted molar refractivity (Wildman–Crippen MR) is 53.4 cm³/mol. The lowest BCUT2D eigenvalue weighted by molar-refractivity contribution is 0.425. The van der Waals surface area contributed by atoms with Crippen molar-refractivity contribution in [1.29, 1.82) is 0 Å². The Morgan fingerprint density at radius 3 is 2.62 bits per heavy atom. The van der Waals surface area contributed by atoms with E-state index in [-0.39, 0.29) is 11.3 Å². The zero-order chi connectivity index (χ0) is 9.84. The summed E-state index contributed by atoms with van der Waals surface area (Å²) in [4.78, 5) is 0. The lowest BCUT2D eigenvalue weighted by Gasteiger charge is -2.03. The van der Waals surface area contributed by atoms with Crippen LogP contribution in [0.15, 0.2) is 18.2 Å². The van der Waals surface area contributed by atoms with Crippen LogP contribution in [0.5, 0.6) is 0 Å². The number of hydrogen-bond acceptors (Lipinski definition) is 3. The second-order valence-electron chi connectivity index (χ2n) is 2.66. The third-order valence-corrected chi connectivity index (χ3v) is 2.27. The summed E-state index contributed by atoms with van der Waals surface area (Å²) in [5, 5.41) is 17.5. The third kappa shape index (κ3) is 2.72. The zero-order valence-electron chi connectivity index (χ0n) is 7.20. The van der Waals surface area contributed by atoms with Gasteiger partial charge in [0.25, 0.3) is 0 Å². The summed E-state index contributed by atoms with van der Waals surface area (Å²) in [6, 6.07) is 4.23. The molecule has 0 saturated carbocycles. The molecule has 1 rings (SSSR count). The van der Waals surface area contributed by atoms with Crippen LogP contribution in [0.25, 0.3) is 0 Å². The van der Waals surface area contributed by atoms with E-state index in [1.807, 2.05) is 6.26 Å². The fourth-order valence-electron chi connectivity index (χ4n) is 0.997. The van der Waals surface area contributed by atoms with Gasteiger partial charge in [-0.15, -0.1) is 0 Å². The monoisotopic (exact) mass is 200 g/mol. The summed E-state index contributed by atoms with van der Waals surface area (Å²) < 4.78 is 13.2. The molecule has 2 N–H and O–H groups in total. The number of thioether (sulfide) groups is 1. The minimum atomic E-state index is -1.60. The first-order chi connectivity index (χ1) is 6.15. The van der Waals surface area contributed by atoms with Crippen molar-refractivity contribution in [3.63, 3.8) is 0 Å². The van der Waals surface area contributed by atoms with Crippen molar-refractivity contribution < 1.29 is 14.4 Å². The standard InChI is InChI=1S/C8H10BFO2S/c1-13-5-6-2-3-7(9(11)12)4-8(6)10/h2-4,11-12H,5H2,1H3. The van der Waals surface area contributed by atoms with Gasteiger partial charge in [-0.25, -0.2) is 4.39 Å². The molecule has 0 aromatic heterocycles. The Hall–Kier alpha value is -0.515. The van der Waals surface area contributed by atoms with Crippen LogP contribution in [0.2, 0.25) is 0 Å². The first-order valence-electron chi connectivity index (χ1n) is 3.78. The minimum absolute atomic E-state index is 0.183. The summed E-state index contributed by atoms with van der Waals surface area (Å²) in [6.07, 6.45) is 1.88. The maximum absolute atomic E-state index is 13.2. The minimum Gasteiger partial charge on any atom is -0.423 e. The molecule has 0 aliphatic rings. The molecule has 0 aliphatic carbocycles. The van der Waals surface area contributed by atoms with Gasteiger partial charge in [-0.2, -0.15) is 11.8 Å². The third-order valence-electron chi connectivity index (χ3n) is 1.68. The Balaban J connectivity index is 2.92. The van der Waals surface area contributed by atoms with E-state index in [0.29, 0.717) is 11.3 Å². The van der Waals surface area contributed by atoms with Gasteiger partial charge in [-0.05, 0) is 23.3 Å². The molecule has 5 heteroatoms. The Morgan fingerprint density at radius 2 is 2.15 bits per heavy atom. The Labute approximate surface area is 80.9 Å². The van der Waals surface area contributed by atoms with Crippen molar-refractivity contribution >= 4 is 24.3 Å². The number of hydrogen-bond donors (Lipinski definition) is 2. The number of rotatable bonds is 3. The fourth-order valence-corrected chi connectivity index (χ4v) is 1.54. The van der Waals surface area contributed by atoms with Crippen LogP contribution < -0.4 is 5.46 Å². The molecule has 0 heterocycles. The molecule has 70 valence electrons. The molecule has 13 heavy (non-hydrogen) atoms. The molecule has 0 amide bonds. The predicted octanol–water partition coefficient (Wildman–Crippen LogP) is 0.369. The maximum Gasteiger partial charge on any atom is 0.488 e. The number of halogens is 1. The molecule has 0 unspecified atom stereocenters. The molecule has 0 bridgehead atoms. The average molecular weight is 200 g/mol. The van der Waals surface area contributed by atoms with Crippen LogP contribution >= 0.6 is 11.8 Å². The van der Waals surface area contributed by atoms with E-state index < -0.39 is 7.12 Å². The highest BCUT2D eigenvalue weighted by Crippen LogP contribution is 2.11. The fraction of sp³-hybridized carbons (Fsp3) is 0.250. The highest BCUT2D eigenvalue weighted by atomic mass is 32.2. The average Bonchev–Trinajstić information content (AvgIpc) is 2.08. The van der Waals surface area contributed by atoms with Crippen LogP contribution in [0, 0.1) is 5.82 Å². The molecule has 1 aromatic rings. The van der Waals surface area contributed by atoms with Gasteiger partial charge >= 0.3 is 7.12 Å². The van der Waals surface area contributed by atoms with Gasteiger partial charge in [0.05, 0.1) is 0 Å². The smallest absolute Gasteiger partial charge is 0.423 e. The van der Waals surface area contributed by atoms with Gasteiger partial charge in [0.2, 0.25) is 0 Å². The molecular weight excluding hydrogens is 190 g/mol. The van der Waals surface area contributed by atoms with Crippen LogP contribution in [0.4, 0.5) is 4.39 Å². The van der Waals surface area contributed by atoms with Crippen molar-refractivity contribution in [1.82, 2.24) is 0 Å². The van der Waals surface area contributed by atoms with E-state index in [1.54, 1.807) is 6.07 Å². The van der Waals surface area contributed by atoms with Crippen molar-refractivity contribution in [2.45, 2.75) is 5.75 Å². The van der Waals surface area contributed by atoms with Gasteiger partial charge in [-0.3, -0.25) is 0 Å². The zero-order valence-corrected chi connectivity index (χ0v) is 8.01. The van der Waals surface area contributed by atoms with Gasteiger partial charge in [0.1, 0.15) is 5.82 Å². The van der Waals surface area contributed by atoms with E-state index in [9.17, 15) is 4.39 Å².